The van der Waals surface area contributed by atoms with E-state index in [1.807, 2.05) is 32.6 Å². The predicted molar refractivity (Wildman–Crippen MR) is 406 cm³/mol. The zero-order valence-electron chi connectivity index (χ0n) is 61.7. The van der Waals surface area contributed by atoms with Crippen LogP contribution in [0.1, 0.15) is 202 Å². The van der Waals surface area contributed by atoms with Gasteiger partial charge >= 0.3 is 6.09 Å². The Morgan fingerprint density at radius 2 is 0.856 bits per heavy atom. The number of para-hydroxylation sites is 4. The molecule has 9 amide bonds. The van der Waals surface area contributed by atoms with Crippen molar-refractivity contribution in [1.82, 2.24) is 62.1 Å². The van der Waals surface area contributed by atoms with Gasteiger partial charge in [0.05, 0.1) is 70.9 Å². The van der Waals surface area contributed by atoms with E-state index in [0.717, 1.165) is 25.7 Å². The summed E-state index contributed by atoms with van der Waals surface area (Å²) in [6.07, 6.45) is 6.61. The van der Waals surface area contributed by atoms with Gasteiger partial charge in [0.25, 0.3) is 47.3 Å². The molecule has 104 heavy (non-hydrogen) atoms. The predicted octanol–water partition coefficient (Wildman–Crippen LogP) is 8.08. The molecule has 4 aromatic carbocycles. The quantitative estimate of drug-likeness (QED) is 0.0217. The van der Waals surface area contributed by atoms with E-state index in [0.29, 0.717) is 68.1 Å². The van der Waals surface area contributed by atoms with Crippen molar-refractivity contribution in [1.29, 1.82) is 0 Å². The summed E-state index contributed by atoms with van der Waals surface area (Å²) in [5.74, 6) is -2.66. The molecule has 4 aromatic rings. The van der Waals surface area contributed by atoms with Crippen LogP contribution in [-0.2, 0) is 4.74 Å². The number of unbranched alkanes of at least 4 members (excludes halogenated alkanes) is 5. The number of alkyl carbamates (subject to hydrolysis) is 1. The summed E-state index contributed by atoms with van der Waals surface area (Å²) in [6, 6.07) is 18.8. The van der Waals surface area contributed by atoms with Crippen molar-refractivity contribution in [3.05, 3.63) is 117 Å². The van der Waals surface area contributed by atoms with Crippen LogP contribution >= 0.6 is 24.0 Å². The minimum atomic E-state index is -0.719. The van der Waals surface area contributed by atoms with Gasteiger partial charge in [-0.3, -0.25) is 58.0 Å². The summed E-state index contributed by atoms with van der Waals surface area (Å²) in [5, 5.41) is 24.4. The number of thioether (sulfide) groups is 1. The largest absolute Gasteiger partial charge is 0.492 e. The summed E-state index contributed by atoms with van der Waals surface area (Å²) < 4.78 is 31.3. The van der Waals surface area contributed by atoms with Gasteiger partial charge in [-0.05, 0) is 114 Å². The molecule has 1 fully saturated rings. The molecule has 4 heterocycles. The number of hydrogen-bond acceptors (Lipinski definition) is 19. The third-order valence-electron chi connectivity index (χ3n) is 17.5. The van der Waals surface area contributed by atoms with Crippen molar-refractivity contribution in [2.75, 3.05) is 143 Å². The number of rotatable bonds is 26. The van der Waals surface area contributed by atoms with Crippen LogP contribution in [0.2, 0.25) is 0 Å². The molecule has 0 aromatic heterocycles. The lowest BCUT2D eigenvalue weighted by Crippen LogP contribution is -2.49. The van der Waals surface area contributed by atoms with Crippen molar-refractivity contribution >= 4 is 81.7 Å². The normalized spacial score (nSPS) is 17.6. The number of benzene rings is 4. The first kappa shape index (κ1) is 82.7. The lowest BCUT2D eigenvalue weighted by molar-refractivity contribution is 0.0525. The third kappa shape index (κ3) is 25.9. The molecule has 0 saturated carbocycles. The fourth-order valence-corrected chi connectivity index (χ4v) is 13.0. The van der Waals surface area contributed by atoms with E-state index in [1.54, 1.807) is 93.6 Å². The van der Waals surface area contributed by atoms with Gasteiger partial charge in [-0.1, -0.05) is 102 Å². The van der Waals surface area contributed by atoms with E-state index in [1.165, 1.54) is 16.7 Å². The summed E-state index contributed by atoms with van der Waals surface area (Å²) in [5.41, 5.74) is 0.542. The first-order valence-electron chi connectivity index (χ1n) is 36.9. The van der Waals surface area contributed by atoms with Crippen LogP contribution in [0.4, 0.5) is 4.79 Å². The van der Waals surface area contributed by atoms with Gasteiger partial charge in [-0.25, -0.2) is 4.79 Å². The second-order valence-corrected chi connectivity index (χ2v) is 28.5. The molecule has 8 bridgehead atoms. The number of nitrogens with zero attached hydrogens (tertiary/aromatic N) is 4. The molecule has 4 aliphatic rings. The second-order valence-electron chi connectivity index (χ2n) is 26.7. The molecule has 1 saturated heterocycles. The fraction of sp³-hybridized carbons (Fsp3) is 0.553. The second kappa shape index (κ2) is 43.6. The van der Waals surface area contributed by atoms with Gasteiger partial charge in [-0.15, -0.1) is 0 Å². The monoisotopic (exact) mass is 1480 g/mol. The smallest absolute Gasteiger partial charge is 0.407 e. The molecule has 0 aliphatic carbocycles. The van der Waals surface area contributed by atoms with Gasteiger partial charge in [-0.2, -0.15) is 0 Å². The van der Waals surface area contributed by atoms with Crippen molar-refractivity contribution in [2.24, 2.45) is 0 Å². The van der Waals surface area contributed by atoms with E-state index < -0.39 is 59.1 Å². The Kier molecular flexibility index (Phi) is 34.7. The van der Waals surface area contributed by atoms with Crippen molar-refractivity contribution in [3.8, 4) is 23.0 Å². The highest BCUT2D eigenvalue weighted by Crippen LogP contribution is 2.31. The topological polar surface area (TPSA) is 309 Å². The number of fused-ring (bicyclic) bond motifs is 21. The van der Waals surface area contributed by atoms with E-state index in [-0.39, 0.29) is 198 Å². The van der Waals surface area contributed by atoms with Crippen LogP contribution in [0, 0.1) is 0 Å². The number of nitrogens with one attached hydrogen (secondary N) is 8. The van der Waals surface area contributed by atoms with E-state index in [4.69, 9.17) is 35.9 Å². The van der Waals surface area contributed by atoms with Crippen molar-refractivity contribution < 1.29 is 66.8 Å². The molecule has 8 rings (SSSR count). The Morgan fingerprint density at radius 1 is 0.481 bits per heavy atom. The van der Waals surface area contributed by atoms with Crippen LogP contribution in [0.3, 0.4) is 0 Å². The van der Waals surface area contributed by atoms with Crippen molar-refractivity contribution in [2.45, 2.75) is 131 Å². The molecular formula is C76H108N12O14S2. The Labute approximate surface area is 622 Å². The average Bonchev–Trinajstić information content (AvgIpc) is 1.25. The van der Waals surface area contributed by atoms with Crippen LogP contribution in [0.15, 0.2) is 72.8 Å². The molecule has 26 nitrogen and oxygen atoms in total. The van der Waals surface area contributed by atoms with Crippen LogP contribution in [-0.4, -0.2) is 232 Å². The number of thiocarbonyl (C=S) groups is 1. The number of carbonyl (C=O) groups is 9. The zero-order valence-corrected chi connectivity index (χ0v) is 63.3. The minimum Gasteiger partial charge on any atom is -0.492 e. The first-order valence-corrected chi connectivity index (χ1v) is 38.3. The van der Waals surface area contributed by atoms with Crippen molar-refractivity contribution in [3.63, 3.8) is 0 Å². The van der Waals surface area contributed by atoms with E-state index >= 15 is 4.79 Å². The van der Waals surface area contributed by atoms with Gasteiger partial charge in [0, 0.05) is 123 Å². The molecule has 28 heteroatoms. The molecule has 4 aliphatic heterocycles. The zero-order chi connectivity index (χ0) is 74.8. The van der Waals surface area contributed by atoms with Gasteiger partial charge < -0.3 is 66.2 Å². The summed E-state index contributed by atoms with van der Waals surface area (Å²) >= 11 is 6.99. The number of hydrogen-bond donors (Lipinski definition) is 8. The molecular weight excluding hydrogens is 1370 g/mol. The number of carbonyl (C=O) groups excluding carboxylic acids is 9. The average molecular weight is 1480 g/mol. The Balaban J connectivity index is 1.32. The Morgan fingerprint density at radius 3 is 1.24 bits per heavy atom. The van der Waals surface area contributed by atoms with Gasteiger partial charge in [0.1, 0.15) is 32.9 Å². The summed E-state index contributed by atoms with van der Waals surface area (Å²) in [4.78, 5) is 137. The SMILES string of the molecule is CCCCOc1c2cccc1C(=O)NCCN1CCNC(=O)c3cccc(c3OCCCC)C(=O)NCCN(CCNC2=O)CCNC(=O)c2cccc(c2OCCCC)C(=O)NCCN(CC(CCCCNC(=O)OC(C)(C)C)NC(=O)c2cccc(C(=O)N3CCSC3=S)c2OCCCC)CC1. The lowest BCUT2D eigenvalue weighted by atomic mass is 10.0. The van der Waals surface area contributed by atoms with Gasteiger partial charge in [0.15, 0.2) is 0 Å². The number of amides is 9. The molecule has 8 N–H and O–H groups in total. The van der Waals surface area contributed by atoms with Gasteiger partial charge in [0.2, 0.25) is 0 Å². The molecule has 0 spiro atoms. The van der Waals surface area contributed by atoms with Crippen LogP contribution in [0.25, 0.3) is 0 Å². The maximum absolute atomic E-state index is 15.2. The number of ether oxygens (including phenoxy) is 5. The molecule has 568 valence electrons. The Hall–Kier alpha value is -8.57. The summed E-state index contributed by atoms with van der Waals surface area (Å²) in [7, 11) is 0. The fourth-order valence-electron chi connectivity index (χ4n) is 11.8. The third-order valence-corrected chi connectivity index (χ3v) is 18.9. The standard InChI is InChI=1S/C76H108N12O14S2/c1-8-12-47-98-62-54-23-18-26-57(62)69(92)80-35-41-86-42-36-81-70(93)58-27-19-24-55(63(58)99-48-13-9-2)67(90)78-33-39-85(38-32-77-66(54)89)40-34-79-68(91)56-25-20-28-59(64(56)100-49-14-10-3)71(94)82-37-43-87(45-44-86)52-53(22-16-17-31-83-74(97)102-76(5,6)7)84-72(95)60-29-21-30-61(65(60)101-50-15-11-4)73(96)88-46-51-104-75(88)103/h18-21,23-30,53H,8-17,22,31-52H2,1-7H3,(H,77,89)(H,78,90)(H,79,91)(H,80,92)(H,81,93)(H,82,94)(H,83,97)(H,84,95). The highest BCUT2D eigenvalue weighted by Gasteiger charge is 2.32. The maximum Gasteiger partial charge on any atom is 0.407 e. The first-order chi connectivity index (χ1) is 50.2. The molecule has 0 radical (unpaired) electrons. The Bertz CT molecular complexity index is 3460. The minimum absolute atomic E-state index is 0.0699. The molecule has 1 unspecified atom stereocenters. The van der Waals surface area contributed by atoms with Crippen LogP contribution < -0.4 is 61.5 Å². The van der Waals surface area contributed by atoms with E-state index in [2.05, 4.69) is 52.3 Å². The highest BCUT2D eigenvalue weighted by atomic mass is 32.2. The highest BCUT2D eigenvalue weighted by molar-refractivity contribution is 8.23. The summed E-state index contributed by atoms with van der Waals surface area (Å²) in [6.45, 7) is 17.8. The van der Waals surface area contributed by atoms with Crippen LogP contribution in [0.5, 0.6) is 23.0 Å². The maximum atomic E-state index is 15.2. The molecule has 1 atom stereocenters. The lowest BCUT2D eigenvalue weighted by Gasteiger charge is -2.31. The van der Waals surface area contributed by atoms with E-state index in [9.17, 15) is 38.4 Å².